The lowest BCUT2D eigenvalue weighted by Gasteiger charge is -2.43. The van der Waals surface area contributed by atoms with E-state index in [2.05, 4.69) is 44.5 Å². The topological polar surface area (TPSA) is 112 Å². The maximum Gasteiger partial charge on any atom is 0.251 e. The van der Waals surface area contributed by atoms with Crippen LogP contribution in [0.3, 0.4) is 0 Å². The molecule has 3 aromatic rings. The van der Waals surface area contributed by atoms with Gasteiger partial charge in [0, 0.05) is 44.3 Å². The van der Waals surface area contributed by atoms with E-state index in [4.69, 9.17) is 14.5 Å². The Labute approximate surface area is 277 Å². The van der Waals surface area contributed by atoms with Gasteiger partial charge in [-0.1, -0.05) is 50.1 Å². The number of hydrogen-bond donors (Lipinski definition) is 2. The van der Waals surface area contributed by atoms with Crippen LogP contribution in [0.1, 0.15) is 67.8 Å². The van der Waals surface area contributed by atoms with E-state index in [1.165, 1.54) is 5.56 Å². The number of methoxy groups -OCH3 is 1. The van der Waals surface area contributed by atoms with Gasteiger partial charge < -0.3 is 34.8 Å². The summed E-state index contributed by atoms with van der Waals surface area (Å²) in [7, 11) is 3.38. The minimum atomic E-state index is -0.239. The Kier molecular flexibility index (Phi) is 10.5. The van der Waals surface area contributed by atoms with Crippen molar-refractivity contribution in [3.63, 3.8) is 0 Å². The highest BCUT2D eigenvalue weighted by atomic mass is 16.5. The van der Waals surface area contributed by atoms with E-state index in [0.29, 0.717) is 42.6 Å². The van der Waals surface area contributed by atoms with Crippen molar-refractivity contribution in [1.82, 2.24) is 20.2 Å². The number of aromatic nitrogens is 2. The van der Waals surface area contributed by atoms with Crippen LogP contribution in [0, 0.1) is 0 Å². The van der Waals surface area contributed by atoms with Gasteiger partial charge in [-0.15, -0.1) is 0 Å². The Bertz CT molecular complexity index is 1520. The van der Waals surface area contributed by atoms with Crippen LogP contribution in [0.4, 0.5) is 23.1 Å². The summed E-state index contributed by atoms with van der Waals surface area (Å²) in [5, 5.41) is 6.51. The lowest BCUT2D eigenvalue weighted by atomic mass is 10.0. The van der Waals surface area contributed by atoms with E-state index in [0.717, 1.165) is 69.7 Å². The minimum Gasteiger partial charge on any atom is -0.495 e. The highest BCUT2D eigenvalue weighted by molar-refractivity contribution is 6.04. The molecule has 2 N–H and O–H groups in total. The Morgan fingerprint density at radius 1 is 1.04 bits per heavy atom. The maximum atomic E-state index is 13.2. The smallest absolute Gasteiger partial charge is 0.251 e. The first-order chi connectivity index (χ1) is 22.9. The summed E-state index contributed by atoms with van der Waals surface area (Å²) < 4.78 is 11.5. The fourth-order valence-corrected chi connectivity index (χ4v) is 7.03. The van der Waals surface area contributed by atoms with Gasteiger partial charge >= 0.3 is 0 Å². The van der Waals surface area contributed by atoms with Crippen LogP contribution in [0.15, 0.2) is 54.7 Å². The first-order valence-corrected chi connectivity index (χ1v) is 17.0. The summed E-state index contributed by atoms with van der Waals surface area (Å²) in [6.07, 6.45) is 8.66. The third-order valence-electron chi connectivity index (χ3n) is 9.71. The summed E-state index contributed by atoms with van der Waals surface area (Å²) in [5.74, 6) is 1.69. The molecule has 6 rings (SSSR count). The number of likely N-dealkylation sites (tertiary alicyclic amines) is 1. The predicted molar refractivity (Wildman–Crippen MR) is 184 cm³/mol. The highest BCUT2D eigenvalue weighted by Gasteiger charge is 2.41. The Hall–Kier alpha value is -4.22. The van der Waals surface area contributed by atoms with Gasteiger partial charge in [0.25, 0.3) is 5.91 Å². The number of rotatable bonds is 12. The van der Waals surface area contributed by atoms with Crippen molar-refractivity contribution < 1.29 is 19.1 Å². The maximum absolute atomic E-state index is 13.2. The molecule has 1 aromatic heterocycles. The molecule has 1 aliphatic carbocycles. The molecule has 11 heteroatoms. The van der Waals surface area contributed by atoms with Crippen molar-refractivity contribution in [2.75, 3.05) is 55.5 Å². The lowest BCUT2D eigenvalue weighted by molar-refractivity contribution is -0.120. The monoisotopic (exact) mass is 641 g/mol. The van der Waals surface area contributed by atoms with E-state index < -0.39 is 0 Å². The largest absolute Gasteiger partial charge is 0.495 e. The molecule has 2 amide bonds. The Morgan fingerprint density at radius 3 is 2.53 bits per heavy atom. The van der Waals surface area contributed by atoms with Gasteiger partial charge in [0.15, 0.2) is 5.82 Å². The first-order valence-electron chi connectivity index (χ1n) is 17.0. The number of amides is 2. The van der Waals surface area contributed by atoms with E-state index in [-0.39, 0.29) is 29.9 Å². The van der Waals surface area contributed by atoms with E-state index in [1.54, 1.807) is 37.4 Å². The van der Waals surface area contributed by atoms with Crippen LogP contribution in [0.5, 0.6) is 5.75 Å². The Morgan fingerprint density at radius 2 is 1.81 bits per heavy atom. The number of fused-ring (bicyclic) bond motifs is 1. The molecule has 1 atom stereocenters. The third kappa shape index (κ3) is 7.52. The summed E-state index contributed by atoms with van der Waals surface area (Å²) >= 11 is 0. The number of carbonyl (C=O) groups is 2. The number of hydrogen-bond acceptors (Lipinski definition) is 9. The van der Waals surface area contributed by atoms with E-state index >= 15 is 0 Å². The van der Waals surface area contributed by atoms with Crippen molar-refractivity contribution in [1.29, 1.82) is 0 Å². The number of ether oxygens (including phenoxy) is 2. The van der Waals surface area contributed by atoms with Crippen LogP contribution in [-0.4, -0.2) is 85.2 Å². The molecule has 0 spiro atoms. The quantitative estimate of drug-likeness (QED) is 0.260. The number of carbonyl (C=O) groups excluding carboxylic acids is 2. The number of nitrogens with one attached hydrogen (secondary N) is 2. The second-order valence-corrected chi connectivity index (χ2v) is 12.7. The summed E-state index contributed by atoms with van der Waals surface area (Å²) in [6, 6.07) is 15.8. The molecular formula is C36H47N7O4. The molecular weight excluding hydrogens is 594 g/mol. The van der Waals surface area contributed by atoms with Crippen LogP contribution in [-0.2, 0) is 16.1 Å². The molecule has 0 unspecified atom stereocenters. The van der Waals surface area contributed by atoms with Crippen molar-refractivity contribution in [3.05, 3.63) is 65.9 Å². The predicted octanol–water partition coefficient (Wildman–Crippen LogP) is 5.14. The molecule has 2 aromatic carbocycles. The molecule has 0 radical (unpaired) electrons. The molecule has 11 nitrogen and oxygen atoms in total. The van der Waals surface area contributed by atoms with Gasteiger partial charge in [-0.3, -0.25) is 9.59 Å². The fraction of sp³-hybridized carbons (Fsp3) is 0.500. The normalized spacial score (nSPS) is 19.1. The lowest BCUT2D eigenvalue weighted by Crippen LogP contribution is -2.55. The number of likely N-dealkylation sites (N-methyl/N-ethyl adjacent to an activating group) is 1. The molecule has 1 saturated carbocycles. The van der Waals surface area contributed by atoms with Gasteiger partial charge in [-0.25, -0.2) is 4.98 Å². The molecule has 3 aliphatic rings. The SMILES string of the molecule is CC[C@@H]1C(=O)N(C)c2cnc(Nc3ccc(C(=O)NC4CCN(CCOCc5ccccc5)CC4)cc3OC)nc2N1C1CCCC1. The zero-order chi connectivity index (χ0) is 32.8. The molecule has 0 bridgehead atoms. The molecule has 47 heavy (non-hydrogen) atoms. The van der Waals surface area contributed by atoms with Gasteiger partial charge in [0.05, 0.1) is 32.2 Å². The second kappa shape index (κ2) is 15.1. The molecule has 3 heterocycles. The van der Waals surface area contributed by atoms with Crippen LogP contribution >= 0.6 is 0 Å². The van der Waals surface area contributed by atoms with Crippen LogP contribution < -0.4 is 25.2 Å². The van der Waals surface area contributed by atoms with Crippen LogP contribution in [0.25, 0.3) is 0 Å². The zero-order valence-electron chi connectivity index (χ0n) is 27.8. The summed E-state index contributed by atoms with van der Waals surface area (Å²) in [5.41, 5.74) is 3.10. The average molecular weight is 642 g/mol. The van der Waals surface area contributed by atoms with Gasteiger partial charge in [-0.05, 0) is 55.9 Å². The summed E-state index contributed by atoms with van der Waals surface area (Å²) in [6.45, 7) is 6.11. The zero-order valence-corrected chi connectivity index (χ0v) is 27.8. The summed E-state index contributed by atoms with van der Waals surface area (Å²) in [4.78, 5) is 42.2. The molecule has 1 saturated heterocycles. The van der Waals surface area contributed by atoms with E-state index in [1.807, 2.05) is 24.3 Å². The second-order valence-electron chi connectivity index (χ2n) is 12.7. The standard InChI is InChI=1S/C36H47N7O4/c1-4-30-35(45)41(2)31-23-37-36(40-33(31)43(30)28-12-8-9-13-28)39-29-15-14-26(22-32(29)46-3)34(44)38-27-16-18-42(19-17-27)20-21-47-24-25-10-6-5-7-11-25/h5-7,10-11,14-15,22-23,27-28,30H,4,8-9,12-13,16-21,24H2,1-3H3,(H,38,44)(H,37,39,40)/t30-/m1/s1. The number of piperidine rings is 1. The van der Waals surface area contributed by atoms with Crippen molar-refractivity contribution in [3.8, 4) is 5.75 Å². The van der Waals surface area contributed by atoms with Crippen molar-refractivity contribution in [2.45, 2.75) is 76.6 Å². The number of benzene rings is 2. The fourth-order valence-electron chi connectivity index (χ4n) is 7.03. The van der Waals surface area contributed by atoms with Gasteiger partial charge in [0.2, 0.25) is 11.9 Å². The van der Waals surface area contributed by atoms with E-state index in [9.17, 15) is 9.59 Å². The van der Waals surface area contributed by atoms with Gasteiger partial charge in [-0.2, -0.15) is 4.98 Å². The minimum absolute atomic E-state index is 0.0847. The Balaban J connectivity index is 1.05. The first kappa shape index (κ1) is 32.7. The average Bonchev–Trinajstić information content (AvgIpc) is 3.64. The van der Waals surface area contributed by atoms with Gasteiger partial charge in [0.1, 0.15) is 17.5 Å². The van der Waals surface area contributed by atoms with Crippen molar-refractivity contribution >= 4 is 35.0 Å². The third-order valence-corrected chi connectivity index (χ3v) is 9.71. The molecule has 2 fully saturated rings. The van der Waals surface area contributed by atoms with Crippen LogP contribution in [0.2, 0.25) is 0 Å². The molecule has 250 valence electrons. The number of nitrogens with zero attached hydrogens (tertiary/aromatic N) is 5. The molecule has 2 aliphatic heterocycles. The van der Waals surface area contributed by atoms with Crippen molar-refractivity contribution in [2.24, 2.45) is 0 Å². The number of anilines is 4. The highest BCUT2D eigenvalue weighted by Crippen LogP contribution is 2.40.